The molecule has 0 amide bonds. The number of methoxy groups -OCH3 is 1. The number of ketones is 1. The van der Waals surface area contributed by atoms with Crippen molar-refractivity contribution >= 4 is 28.6 Å². The van der Waals surface area contributed by atoms with Crippen LogP contribution < -0.4 is 0 Å². The maximum Gasteiger partial charge on any atom is 0.335 e. The number of aromatic nitrogens is 1. The first kappa shape index (κ1) is 15.8. The van der Waals surface area contributed by atoms with Crippen molar-refractivity contribution < 1.29 is 24.2 Å². The second-order valence-corrected chi connectivity index (χ2v) is 5.04. The number of nitrogens with zero attached hydrogens (tertiary/aromatic N) is 1. The molecule has 2 aromatic rings. The molecule has 22 heavy (non-hydrogen) atoms. The Morgan fingerprint density at radius 1 is 1.23 bits per heavy atom. The molecule has 1 aromatic heterocycles. The van der Waals surface area contributed by atoms with Gasteiger partial charge in [-0.3, -0.25) is 9.59 Å². The zero-order valence-electron chi connectivity index (χ0n) is 12.5. The highest BCUT2D eigenvalue weighted by Gasteiger charge is 2.16. The van der Waals surface area contributed by atoms with Gasteiger partial charge in [0.25, 0.3) is 0 Å². The summed E-state index contributed by atoms with van der Waals surface area (Å²) in [6, 6.07) is 4.70. The minimum atomic E-state index is -1.03. The Hall–Kier alpha value is -2.63. The Morgan fingerprint density at radius 2 is 1.95 bits per heavy atom. The van der Waals surface area contributed by atoms with Gasteiger partial charge in [0.1, 0.15) is 0 Å². The average Bonchev–Trinajstić information content (AvgIpc) is 2.83. The van der Waals surface area contributed by atoms with Crippen LogP contribution in [0.4, 0.5) is 0 Å². The van der Waals surface area contributed by atoms with Crippen molar-refractivity contribution in [2.75, 3.05) is 7.11 Å². The van der Waals surface area contributed by atoms with Crippen LogP contribution in [0.5, 0.6) is 0 Å². The second-order valence-electron chi connectivity index (χ2n) is 5.04. The molecule has 6 nitrogen and oxygen atoms in total. The average molecular weight is 303 g/mol. The van der Waals surface area contributed by atoms with Gasteiger partial charge in [-0.25, -0.2) is 4.79 Å². The summed E-state index contributed by atoms with van der Waals surface area (Å²) in [5.41, 5.74) is 1.41. The van der Waals surface area contributed by atoms with Crippen molar-refractivity contribution in [1.29, 1.82) is 0 Å². The highest BCUT2D eigenvalue weighted by Crippen LogP contribution is 2.24. The smallest absolute Gasteiger partial charge is 0.335 e. The fourth-order valence-electron chi connectivity index (χ4n) is 2.38. The monoisotopic (exact) mass is 303 g/mol. The van der Waals surface area contributed by atoms with Crippen LogP contribution in [0.1, 0.15) is 40.0 Å². The number of hydrogen-bond acceptors (Lipinski definition) is 4. The molecule has 0 unspecified atom stereocenters. The molecule has 1 aromatic carbocycles. The van der Waals surface area contributed by atoms with E-state index in [4.69, 9.17) is 5.11 Å². The molecule has 116 valence electrons. The molecule has 0 fully saturated rings. The summed E-state index contributed by atoms with van der Waals surface area (Å²) in [5, 5.41) is 9.68. The fourth-order valence-corrected chi connectivity index (χ4v) is 2.38. The third-order valence-electron chi connectivity index (χ3n) is 3.55. The summed E-state index contributed by atoms with van der Waals surface area (Å²) >= 11 is 0. The number of benzene rings is 1. The summed E-state index contributed by atoms with van der Waals surface area (Å²) in [6.07, 6.45) is 2.50. The molecule has 0 saturated heterocycles. The van der Waals surface area contributed by atoms with Gasteiger partial charge < -0.3 is 14.4 Å². The van der Waals surface area contributed by atoms with Crippen LogP contribution in [0.2, 0.25) is 0 Å². The van der Waals surface area contributed by atoms with E-state index < -0.39 is 5.97 Å². The molecule has 1 heterocycles. The number of carbonyl (C=O) groups excluding carboxylic acids is 2. The van der Waals surface area contributed by atoms with Crippen molar-refractivity contribution in [2.45, 2.75) is 19.3 Å². The highest BCUT2D eigenvalue weighted by atomic mass is 16.5. The molecule has 0 saturated carbocycles. The number of esters is 1. The Balaban J connectivity index is 2.26. The normalized spacial score (nSPS) is 10.6. The summed E-state index contributed by atoms with van der Waals surface area (Å²) in [6.45, 7) is 0. The van der Waals surface area contributed by atoms with Gasteiger partial charge in [0.05, 0.1) is 12.7 Å². The van der Waals surface area contributed by atoms with Crippen LogP contribution in [0.25, 0.3) is 10.9 Å². The number of carboxylic acids is 1. The van der Waals surface area contributed by atoms with E-state index in [2.05, 4.69) is 4.74 Å². The predicted molar refractivity (Wildman–Crippen MR) is 80.1 cm³/mol. The molecule has 0 aliphatic rings. The van der Waals surface area contributed by atoms with E-state index in [1.54, 1.807) is 23.9 Å². The van der Waals surface area contributed by atoms with Gasteiger partial charge in [-0.2, -0.15) is 0 Å². The lowest BCUT2D eigenvalue weighted by molar-refractivity contribution is -0.140. The van der Waals surface area contributed by atoms with Crippen molar-refractivity contribution in [3.05, 3.63) is 35.5 Å². The van der Waals surface area contributed by atoms with Gasteiger partial charge >= 0.3 is 11.9 Å². The molecule has 0 spiro atoms. The standard InChI is InChI=1S/C16H17NO5/c1-17-9-12(14(18)4-3-5-15(19)22-2)11-8-10(16(20)21)6-7-13(11)17/h6-9H,3-5H2,1-2H3,(H,20,21). The number of carbonyl (C=O) groups is 3. The highest BCUT2D eigenvalue weighted by molar-refractivity contribution is 6.09. The van der Waals surface area contributed by atoms with Crippen LogP contribution in [0.15, 0.2) is 24.4 Å². The minimum Gasteiger partial charge on any atom is -0.478 e. The van der Waals surface area contributed by atoms with Gasteiger partial charge in [0, 0.05) is 42.6 Å². The maximum absolute atomic E-state index is 12.3. The molecule has 0 aliphatic heterocycles. The zero-order valence-corrected chi connectivity index (χ0v) is 12.5. The lowest BCUT2D eigenvalue weighted by Gasteiger charge is -2.01. The molecule has 6 heteroatoms. The first-order chi connectivity index (χ1) is 10.4. The number of Topliss-reactive ketones (excluding diaryl/α,β-unsaturated/α-hetero) is 1. The van der Waals surface area contributed by atoms with E-state index in [1.807, 2.05) is 0 Å². The topological polar surface area (TPSA) is 85.6 Å². The van der Waals surface area contributed by atoms with Crippen LogP contribution in [-0.4, -0.2) is 34.5 Å². The lowest BCUT2D eigenvalue weighted by Crippen LogP contribution is -2.03. The van der Waals surface area contributed by atoms with E-state index in [0.29, 0.717) is 17.4 Å². The molecule has 2 rings (SSSR count). The Morgan fingerprint density at radius 3 is 2.59 bits per heavy atom. The van der Waals surface area contributed by atoms with E-state index in [0.717, 1.165) is 5.52 Å². The SMILES string of the molecule is COC(=O)CCCC(=O)c1cn(C)c2ccc(C(=O)O)cc12. The number of rotatable bonds is 6. The molecular formula is C16H17NO5. The lowest BCUT2D eigenvalue weighted by atomic mass is 10.0. The van der Waals surface area contributed by atoms with Gasteiger partial charge in [0.2, 0.25) is 0 Å². The third-order valence-corrected chi connectivity index (χ3v) is 3.55. The van der Waals surface area contributed by atoms with Crippen molar-refractivity contribution in [2.24, 2.45) is 7.05 Å². The molecular weight excluding hydrogens is 286 g/mol. The van der Waals surface area contributed by atoms with Crippen molar-refractivity contribution in [3.63, 3.8) is 0 Å². The van der Waals surface area contributed by atoms with Crippen LogP contribution >= 0.6 is 0 Å². The summed E-state index contributed by atoms with van der Waals surface area (Å²) in [7, 11) is 3.11. The number of carboxylic acid groups (broad SMARTS) is 1. The summed E-state index contributed by atoms with van der Waals surface area (Å²) in [5.74, 6) is -1.49. The molecule has 0 aliphatic carbocycles. The number of hydrogen-bond donors (Lipinski definition) is 1. The molecule has 0 bridgehead atoms. The third kappa shape index (κ3) is 3.16. The van der Waals surface area contributed by atoms with Gasteiger partial charge in [-0.15, -0.1) is 0 Å². The van der Waals surface area contributed by atoms with Crippen LogP contribution in [0, 0.1) is 0 Å². The molecule has 0 radical (unpaired) electrons. The Bertz CT molecular complexity index is 744. The number of fused-ring (bicyclic) bond motifs is 1. The van der Waals surface area contributed by atoms with Crippen molar-refractivity contribution in [3.8, 4) is 0 Å². The zero-order chi connectivity index (χ0) is 16.3. The second kappa shape index (κ2) is 6.43. The molecule has 1 N–H and O–H groups in total. The van der Waals surface area contributed by atoms with E-state index in [-0.39, 0.29) is 30.2 Å². The Labute approximate surface area is 127 Å². The predicted octanol–water partition coefficient (Wildman–Crippen LogP) is 2.40. The van der Waals surface area contributed by atoms with Crippen LogP contribution in [-0.2, 0) is 16.6 Å². The quantitative estimate of drug-likeness (QED) is 0.654. The minimum absolute atomic E-state index is 0.114. The van der Waals surface area contributed by atoms with Crippen LogP contribution in [0.3, 0.4) is 0 Å². The summed E-state index contributed by atoms with van der Waals surface area (Å²) in [4.78, 5) is 34.4. The van der Waals surface area contributed by atoms with E-state index >= 15 is 0 Å². The van der Waals surface area contributed by atoms with Crippen molar-refractivity contribution in [1.82, 2.24) is 4.57 Å². The van der Waals surface area contributed by atoms with E-state index in [1.165, 1.54) is 19.2 Å². The number of ether oxygens (including phenoxy) is 1. The maximum atomic E-state index is 12.3. The summed E-state index contributed by atoms with van der Waals surface area (Å²) < 4.78 is 6.32. The first-order valence-corrected chi connectivity index (χ1v) is 6.86. The van der Waals surface area contributed by atoms with Gasteiger partial charge in [0.15, 0.2) is 5.78 Å². The van der Waals surface area contributed by atoms with E-state index in [9.17, 15) is 14.4 Å². The Kier molecular flexibility index (Phi) is 4.60. The molecule has 0 atom stereocenters. The number of aryl methyl sites for hydroxylation is 1. The fraction of sp³-hybridized carbons (Fsp3) is 0.312. The number of aromatic carboxylic acids is 1. The van der Waals surface area contributed by atoms with Gasteiger partial charge in [-0.1, -0.05) is 0 Å². The first-order valence-electron chi connectivity index (χ1n) is 6.86. The largest absolute Gasteiger partial charge is 0.478 e. The van der Waals surface area contributed by atoms with Gasteiger partial charge in [-0.05, 0) is 24.6 Å².